The highest BCUT2D eigenvalue weighted by molar-refractivity contribution is 5.55. The zero-order valence-electron chi connectivity index (χ0n) is 10.8. The first-order chi connectivity index (χ1) is 9.86. The monoisotopic (exact) mass is 270 g/mol. The summed E-state index contributed by atoms with van der Waals surface area (Å²) < 4.78 is 5.90. The van der Waals surface area contributed by atoms with Gasteiger partial charge in [0.15, 0.2) is 5.82 Å². The van der Waals surface area contributed by atoms with Gasteiger partial charge in [0.25, 0.3) is 0 Å². The highest BCUT2D eigenvalue weighted by Crippen LogP contribution is 2.30. The SMILES string of the molecule is N#Cc1ccncc1NC[C@H]1CC[C@@H](c2ncn[nH]2)O1. The van der Waals surface area contributed by atoms with Crippen LogP contribution in [0.1, 0.15) is 30.3 Å². The normalized spacial score (nSPS) is 21.6. The summed E-state index contributed by atoms with van der Waals surface area (Å²) in [5.74, 6) is 0.770. The number of rotatable bonds is 4. The Bertz CT molecular complexity index is 606. The van der Waals surface area contributed by atoms with Crippen LogP contribution in [0.25, 0.3) is 0 Å². The molecule has 1 aliphatic heterocycles. The van der Waals surface area contributed by atoms with Crippen molar-refractivity contribution >= 4 is 5.69 Å². The number of hydrogen-bond donors (Lipinski definition) is 2. The Morgan fingerprint density at radius 3 is 3.25 bits per heavy atom. The molecule has 2 atom stereocenters. The second-order valence-corrected chi connectivity index (χ2v) is 4.61. The predicted molar refractivity (Wildman–Crippen MR) is 70.7 cm³/mol. The summed E-state index contributed by atoms with van der Waals surface area (Å²) in [5, 5.41) is 18.9. The number of H-pyrrole nitrogens is 1. The number of nitrogens with one attached hydrogen (secondary N) is 2. The standard InChI is InChI=1S/C13H14N6O/c14-5-9-3-4-15-7-11(9)16-6-10-1-2-12(20-10)13-17-8-18-19-13/h3-4,7-8,10,12,16H,1-2,6H2,(H,17,18,19)/t10-,12+/m1/s1. The number of anilines is 1. The molecule has 0 aromatic carbocycles. The summed E-state index contributed by atoms with van der Waals surface area (Å²) >= 11 is 0. The van der Waals surface area contributed by atoms with Gasteiger partial charge in [-0.2, -0.15) is 10.4 Å². The Kier molecular flexibility index (Phi) is 3.56. The van der Waals surface area contributed by atoms with Crippen LogP contribution in [0, 0.1) is 11.3 Å². The number of aromatic nitrogens is 4. The summed E-state index contributed by atoms with van der Waals surface area (Å²) in [7, 11) is 0. The van der Waals surface area contributed by atoms with Crippen molar-refractivity contribution in [2.75, 3.05) is 11.9 Å². The number of pyridine rings is 1. The fourth-order valence-corrected chi connectivity index (χ4v) is 2.28. The zero-order chi connectivity index (χ0) is 13.8. The van der Waals surface area contributed by atoms with Crippen molar-refractivity contribution in [2.45, 2.75) is 25.0 Å². The molecule has 0 aliphatic carbocycles. The molecule has 3 rings (SSSR count). The van der Waals surface area contributed by atoms with E-state index in [4.69, 9.17) is 10.00 Å². The van der Waals surface area contributed by atoms with Gasteiger partial charge in [-0.05, 0) is 18.9 Å². The van der Waals surface area contributed by atoms with Crippen LogP contribution in [0.3, 0.4) is 0 Å². The van der Waals surface area contributed by atoms with Crippen LogP contribution >= 0.6 is 0 Å². The van der Waals surface area contributed by atoms with Gasteiger partial charge >= 0.3 is 0 Å². The number of hydrogen-bond acceptors (Lipinski definition) is 6. The maximum atomic E-state index is 9.01. The molecule has 20 heavy (non-hydrogen) atoms. The first-order valence-electron chi connectivity index (χ1n) is 6.45. The molecular weight excluding hydrogens is 256 g/mol. The van der Waals surface area contributed by atoms with Crippen LogP contribution < -0.4 is 5.32 Å². The molecule has 0 amide bonds. The highest BCUT2D eigenvalue weighted by Gasteiger charge is 2.28. The van der Waals surface area contributed by atoms with Gasteiger partial charge in [0.1, 0.15) is 18.5 Å². The van der Waals surface area contributed by atoms with Gasteiger partial charge in [0.05, 0.1) is 23.6 Å². The molecule has 2 aromatic heterocycles. The van der Waals surface area contributed by atoms with E-state index in [9.17, 15) is 0 Å². The van der Waals surface area contributed by atoms with Crippen molar-refractivity contribution in [3.63, 3.8) is 0 Å². The van der Waals surface area contributed by atoms with Crippen LogP contribution in [0.4, 0.5) is 5.69 Å². The number of nitrogens with zero attached hydrogens (tertiary/aromatic N) is 4. The van der Waals surface area contributed by atoms with Crippen LogP contribution in [0.5, 0.6) is 0 Å². The summed E-state index contributed by atoms with van der Waals surface area (Å²) in [6.45, 7) is 0.644. The topological polar surface area (TPSA) is 99.5 Å². The quantitative estimate of drug-likeness (QED) is 0.871. The van der Waals surface area contributed by atoms with E-state index in [2.05, 4.69) is 31.6 Å². The molecule has 1 fully saturated rings. The van der Waals surface area contributed by atoms with E-state index >= 15 is 0 Å². The molecule has 0 saturated carbocycles. The minimum absolute atomic E-state index is 0.0198. The van der Waals surface area contributed by atoms with E-state index in [1.54, 1.807) is 18.5 Å². The molecule has 2 aromatic rings. The van der Waals surface area contributed by atoms with E-state index in [0.29, 0.717) is 12.1 Å². The van der Waals surface area contributed by atoms with Gasteiger partial charge in [0, 0.05) is 12.7 Å². The third-order valence-corrected chi connectivity index (χ3v) is 3.31. The van der Waals surface area contributed by atoms with Crippen LogP contribution in [0.2, 0.25) is 0 Å². The first kappa shape index (κ1) is 12.6. The van der Waals surface area contributed by atoms with Crippen molar-refractivity contribution in [1.29, 1.82) is 5.26 Å². The molecule has 0 radical (unpaired) electrons. The lowest BCUT2D eigenvalue weighted by atomic mass is 10.2. The molecule has 7 nitrogen and oxygen atoms in total. The van der Waals surface area contributed by atoms with Crippen molar-refractivity contribution in [2.24, 2.45) is 0 Å². The molecule has 3 heterocycles. The van der Waals surface area contributed by atoms with E-state index in [1.807, 2.05) is 0 Å². The molecule has 7 heteroatoms. The average molecular weight is 270 g/mol. The maximum absolute atomic E-state index is 9.01. The Hall–Kier alpha value is -2.46. The Morgan fingerprint density at radius 2 is 2.45 bits per heavy atom. The average Bonchev–Trinajstić information content (AvgIpc) is 3.16. The lowest BCUT2D eigenvalue weighted by molar-refractivity contribution is 0.0472. The number of nitriles is 1. The van der Waals surface area contributed by atoms with E-state index in [0.717, 1.165) is 24.4 Å². The molecule has 102 valence electrons. The third-order valence-electron chi connectivity index (χ3n) is 3.31. The van der Waals surface area contributed by atoms with Crippen molar-refractivity contribution in [3.8, 4) is 6.07 Å². The lowest BCUT2D eigenvalue weighted by Gasteiger charge is -2.14. The minimum Gasteiger partial charge on any atom is -0.380 e. The second-order valence-electron chi connectivity index (χ2n) is 4.61. The predicted octanol–water partition coefficient (Wildman–Crippen LogP) is 1.40. The first-order valence-corrected chi connectivity index (χ1v) is 6.45. The molecule has 1 aliphatic rings. The Balaban J connectivity index is 1.57. The Labute approximate surface area is 116 Å². The van der Waals surface area contributed by atoms with Gasteiger partial charge in [-0.1, -0.05) is 0 Å². The number of aromatic amines is 1. The molecule has 0 unspecified atom stereocenters. The smallest absolute Gasteiger partial charge is 0.153 e. The summed E-state index contributed by atoms with van der Waals surface area (Å²) in [6.07, 6.45) is 6.68. The van der Waals surface area contributed by atoms with Gasteiger partial charge in [-0.3, -0.25) is 10.1 Å². The van der Waals surface area contributed by atoms with Gasteiger partial charge < -0.3 is 10.1 Å². The molecule has 0 bridgehead atoms. The summed E-state index contributed by atoms with van der Waals surface area (Å²) in [6, 6.07) is 3.83. The van der Waals surface area contributed by atoms with E-state index < -0.39 is 0 Å². The number of ether oxygens (including phenoxy) is 1. The summed E-state index contributed by atoms with van der Waals surface area (Å²) in [4.78, 5) is 8.13. The fourth-order valence-electron chi connectivity index (χ4n) is 2.28. The minimum atomic E-state index is -0.0198. The maximum Gasteiger partial charge on any atom is 0.153 e. The van der Waals surface area contributed by atoms with Crippen LogP contribution in [-0.4, -0.2) is 32.8 Å². The van der Waals surface area contributed by atoms with Gasteiger partial charge in [0.2, 0.25) is 0 Å². The lowest BCUT2D eigenvalue weighted by Crippen LogP contribution is -2.19. The van der Waals surface area contributed by atoms with Crippen LogP contribution in [-0.2, 0) is 4.74 Å². The second kappa shape index (κ2) is 5.67. The van der Waals surface area contributed by atoms with E-state index in [1.165, 1.54) is 6.33 Å². The Morgan fingerprint density at radius 1 is 1.50 bits per heavy atom. The van der Waals surface area contributed by atoms with E-state index in [-0.39, 0.29) is 12.2 Å². The highest BCUT2D eigenvalue weighted by atomic mass is 16.5. The van der Waals surface area contributed by atoms with Crippen molar-refractivity contribution in [3.05, 3.63) is 36.2 Å². The van der Waals surface area contributed by atoms with Crippen molar-refractivity contribution in [1.82, 2.24) is 20.2 Å². The largest absolute Gasteiger partial charge is 0.380 e. The fraction of sp³-hybridized carbons (Fsp3) is 0.385. The third kappa shape index (κ3) is 2.60. The van der Waals surface area contributed by atoms with Crippen LogP contribution in [0.15, 0.2) is 24.8 Å². The van der Waals surface area contributed by atoms with Crippen molar-refractivity contribution < 1.29 is 4.74 Å². The molecule has 0 spiro atoms. The summed E-state index contributed by atoms with van der Waals surface area (Å²) in [5.41, 5.74) is 1.33. The molecule has 2 N–H and O–H groups in total. The zero-order valence-corrected chi connectivity index (χ0v) is 10.8. The van der Waals surface area contributed by atoms with Gasteiger partial charge in [-0.15, -0.1) is 0 Å². The molecule has 1 saturated heterocycles. The van der Waals surface area contributed by atoms with Gasteiger partial charge in [-0.25, -0.2) is 4.98 Å². The molecular formula is C13H14N6O.